The lowest BCUT2D eigenvalue weighted by atomic mass is 10.2. The summed E-state index contributed by atoms with van der Waals surface area (Å²) in [6.07, 6.45) is 1.96. The fourth-order valence-electron chi connectivity index (χ4n) is 1.43. The average Bonchev–Trinajstić information content (AvgIpc) is 2.20. The summed E-state index contributed by atoms with van der Waals surface area (Å²) in [4.78, 5) is 28.0. The van der Waals surface area contributed by atoms with Crippen LogP contribution in [0.4, 0.5) is 10.5 Å². The number of carbonyl (C=O) groups excluding carboxylic acids is 2. The van der Waals surface area contributed by atoms with E-state index in [-0.39, 0.29) is 11.9 Å². The summed E-state index contributed by atoms with van der Waals surface area (Å²) < 4.78 is 0. The molecule has 0 saturated carbocycles. The van der Waals surface area contributed by atoms with Crippen LogP contribution in [-0.4, -0.2) is 23.5 Å². The van der Waals surface area contributed by atoms with Gasteiger partial charge in [-0.3, -0.25) is 20.0 Å². The normalized spacial score (nSPS) is 16.5. The minimum atomic E-state index is -0.378. The Bertz CT molecular complexity index is 400. The van der Waals surface area contributed by atoms with Gasteiger partial charge in [-0.1, -0.05) is 0 Å². The third-order valence-electron chi connectivity index (χ3n) is 2.26. The second kappa shape index (κ2) is 3.68. The van der Waals surface area contributed by atoms with Crippen LogP contribution in [0.3, 0.4) is 0 Å². The van der Waals surface area contributed by atoms with E-state index in [0.717, 1.165) is 5.69 Å². The van der Waals surface area contributed by atoms with Crippen LogP contribution in [0.25, 0.3) is 0 Å². The van der Waals surface area contributed by atoms with E-state index in [1.54, 1.807) is 6.20 Å². The molecule has 1 aliphatic rings. The molecule has 0 aromatic carbocycles. The van der Waals surface area contributed by atoms with Gasteiger partial charge in [0.25, 0.3) is 0 Å². The number of imide groups is 1. The first kappa shape index (κ1) is 9.64. The Hall–Kier alpha value is -1.91. The van der Waals surface area contributed by atoms with Gasteiger partial charge in [0.05, 0.1) is 11.9 Å². The molecule has 1 aliphatic heterocycles. The molecule has 5 nitrogen and oxygen atoms in total. The summed E-state index contributed by atoms with van der Waals surface area (Å²) in [6.45, 7) is 2.29. The van der Waals surface area contributed by atoms with Gasteiger partial charge in [-0.05, 0) is 19.1 Å². The van der Waals surface area contributed by atoms with E-state index in [0.29, 0.717) is 18.7 Å². The number of nitrogens with one attached hydrogen (secondary N) is 1. The molecule has 2 rings (SSSR count). The van der Waals surface area contributed by atoms with Crippen LogP contribution < -0.4 is 10.2 Å². The number of aromatic nitrogens is 1. The Labute approximate surface area is 87.1 Å². The lowest BCUT2D eigenvalue weighted by Gasteiger charge is -2.26. The van der Waals surface area contributed by atoms with Crippen LogP contribution in [0, 0.1) is 6.92 Å². The third kappa shape index (κ3) is 1.96. The molecule has 0 aliphatic carbocycles. The minimum absolute atomic E-state index is 0.226. The zero-order valence-corrected chi connectivity index (χ0v) is 8.36. The second-order valence-electron chi connectivity index (χ2n) is 3.41. The highest BCUT2D eigenvalue weighted by atomic mass is 16.2. The van der Waals surface area contributed by atoms with Crippen LogP contribution in [-0.2, 0) is 4.79 Å². The molecule has 1 fully saturated rings. The van der Waals surface area contributed by atoms with Gasteiger partial charge in [-0.25, -0.2) is 4.79 Å². The van der Waals surface area contributed by atoms with Gasteiger partial charge in [0.15, 0.2) is 0 Å². The van der Waals surface area contributed by atoms with Gasteiger partial charge in [0.1, 0.15) is 0 Å². The molecule has 1 aromatic rings. The molecular formula is C10H11N3O2. The monoisotopic (exact) mass is 205 g/mol. The average molecular weight is 205 g/mol. The van der Waals surface area contributed by atoms with Crippen molar-refractivity contribution < 1.29 is 9.59 Å². The van der Waals surface area contributed by atoms with E-state index >= 15 is 0 Å². The van der Waals surface area contributed by atoms with Crippen LogP contribution in [0.2, 0.25) is 0 Å². The van der Waals surface area contributed by atoms with Crippen LogP contribution in [0.15, 0.2) is 18.3 Å². The number of hydrogen-bond donors (Lipinski definition) is 1. The molecule has 15 heavy (non-hydrogen) atoms. The van der Waals surface area contributed by atoms with Crippen molar-refractivity contribution in [2.24, 2.45) is 0 Å². The lowest BCUT2D eigenvalue weighted by molar-refractivity contribution is -0.120. The third-order valence-corrected chi connectivity index (χ3v) is 2.26. The van der Waals surface area contributed by atoms with Crippen LogP contribution in [0.5, 0.6) is 0 Å². The number of amides is 3. The van der Waals surface area contributed by atoms with Crippen molar-refractivity contribution in [1.82, 2.24) is 10.3 Å². The largest absolute Gasteiger partial charge is 0.328 e. The first-order chi connectivity index (χ1) is 7.16. The van der Waals surface area contributed by atoms with Crippen molar-refractivity contribution in [3.8, 4) is 0 Å². The van der Waals surface area contributed by atoms with E-state index in [4.69, 9.17) is 0 Å². The quantitative estimate of drug-likeness (QED) is 0.738. The van der Waals surface area contributed by atoms with Crippen molar-refractivity contribution in [2.45, 2.75) is 13.3 Å². The maximum atomic E-state index is 11.5. The molecule has 1 saturated heterocycles. The van der Waals surface area contributed by atoms with E-state index in [9.17, 15) is 9.59 Å². The summed E-state index contributed by atoms with van der Waals surface area (Å²) in [6, 6.07) is 3.27. The molecule has 0 spiro atoms. The Morgan fingerprint density at radius 2 is 2.20 bits per heavy atom. The zero-order chi connectivity index (χ0) is 10.8. The molecule has 1 N–H and O–H groups in total. The maximum absolute atomic E-state index is 11.5. The molecule has 1 aromatic heterocycles. The van der Waals surface area contributed by atoms with Crippen LogP contribution in [0.1, 0.15) is 12.1 Å². The fourth-order valence-corrected chi connectivity index (χ4v) is 1.43. The number of carbonyl (C=O) groups is 2. The predicted octanol–water partition coefficient (Wildman–Crippen LogP) is 0.836. The fraction of sp³-hybridized carbons (Fsp3) is 0.300. The highest BCUT2D eigenvalue weighted by Gasteiger charge is 2.23. The summed E-state index contributed by atoms with van der Waals surface area (Å²) in [7, 11) is 0. The summed E-state index contributed by atoms with van der Waals surface area (Å²) in [5.74, 6) is -0.226. The topological polar surface area (TPSA) is 62.3 Å². The molecular weight excluding hydrogens is 194 g/mol. The van der Waals surface area contributed by atoms with Gasteiger partial charge >= 0.3 is 6.03 Å². The van der Waals surface area contributed by atoms with Gasteiger partial charge < -0.3 is 0 Å². The minimum Gasteiger partial charge on any atom is -0.292 e. The van der Waals surface area contributed by atoms with Gasteiger partial charge in [0, 0.05) is 18.7 Å². The van der Waals surface area contributed by atoms with E-state index in [2.05, 4.69) is 10.3 Å². The molecule has 78 valence electrons. The van der Waals surface area contributed by atoms with Crippen LogP contribution >= 0.6 is 0 Å². The highest BCUT2D eigenvalue weighted by Crippen LogP contribution is 2.15. The molecule has 0 radical (unpaired) electrons. The first-order valence-electron chi connectivity index (χ1n) is 4.71. The van der Waals surface area contributed by atoms with Crippen molar-refractivity contribution in [1.29, 1.82) is 0 Å². The number of urea groups is 1. The number of aryl methyl sites for hydroxylation is 1. The van der Waals surface area contributed by atoms with E-state index in [1.165, 1.54) is 4.90 Å². The first-order valence-corrected chi connectivity index (χ1v) is 4.71. The Kier molecular flexibility index (Phi) is 2.37. The summed E-state index contributed by atoms with van der Waals surface area (Å²) >= 11 is 0. The maximum Gasteiger partial charge on any atom is 0.328 e. The molecule has 0 unspecified atom stereocenters. The molecule has 5 heteroatoms. The van der Waals surface area contributed by atoms with Crippen molar-refractivity contribution >= 4 is 17.6 Å². The molecule has 3 amide bonds. The number of pyridine rings is 1. The number of rotatable bonds is 1. The smallest absolute Gasteiger partial charge is 0.292 e. The van der Waals surface area contributed by atoms with Crippen molar-refractivity contribution in [3.63, 3.8) is 0 Å². The number of anilines is 1. The zero-order valence-electron chi connectivity index (χ0n) is 8.36. The van der Waals surface area contributed by atoms with E-state index in [1.807, 2.05) is 19.1 Å². The standard InChI is InChI=1S/C10H11N3O2/c1-7-2-3-8(6-11-7)13-5-4-9(14)12-10(13)15/h2-3,6H,4-5H2,1H3,(H,12,14,15). The number of nitrogens with zero attached hydrogens (tertiary/aromatic N) is 2. The highest BCUT2D eigenvalue weighted by molar-refractivity contribution is 6.05. The second-order valence-corrected chi connectivity index (χ2v) is 3.41. The summed E-state index contributed by atoms with van der Waals surface area (Å²) in [5.41, 5.74) is 1.61. The van der Waals surface area contributed by atoms with Crippen molar-refractivity contribution in [3.05, 3.63) is 24.0 Å². The van der Waals surface area contributed by atoms with Gasteiger partial charge in [-0.2, -0.15) is 0 Å². The lowest BCUT2D eigenvalue weighted by Crippen LogP contribution is -2.49. The molecule has 2 heterocycles. The predicted molar refractivity (Wildman–Crippen MR) is 54.5 cm³/mol. The Balaban J connectivity index is 2.20. The molecule has 0 bridgehead atoms. The Morgan fingerprint density at radius 1 is 1.40 bits per heavy atom. The Morgan fingerprint density at radius 3 is 2.80 bits per heavy atom. The SMILES string of the molecule is Cc1ccc(N2CCC(=O)NC2=O)cn1. The molecule has 0 atom stereocenters. The van der Waals surface area contributed by atoms with Gasteiger partial charge in [-0.15, -0.1) is 0 Å². The number of hydrogen-bond acceptors (Lipinski definition) is 3. The summed E-state index contributed by atoms with van der Waals surface area (Å²) in [5, 5.41) is 2.26. The van der Waals surface area contributed by atoms with Gasteiger partial charge in [0.2, 0.25) is 5.91 Å². The van der Waals surface area contributed by atoms with E-state index < -0.39 is 0 Å². The van der Waals surface area contributed by atoms with Crippen molar-refractivity contribution in [2.75, 3.05) is 11.4 Å².